The first-order chi connectivity index (χ1) is 11.9. The Morgan fingerprint density at radius 1 is 1.32 bits per heavy atom. The van der Waals surface area contributed by atoms with Crippen molar-refractivity contribution in [3.05, 3.63) is 35.4 Å². The average Bonchev–Trinajstić information content (AvgIpc) is 2.63. The van der Waals surface area contributed by atoms with Crippen LogP contribution >= 0.6 is 15.9 Å². The second-order valence-corrected chi connectivity index (χ2v) is 8.06. The molecule has 4 heteroatoms. The van der Waals surface area contributed by atoms with Gasteiger partial charge in [0.05, 0.1) is 5.33 Å². The molecule has 1 fully saturated rings. The Bertz CT molecular complexity index is 616. The van der Waals surface area contributed by atoms with E-state index in [2.05, 4.69) is 42.8 Å². The van der Waals surface area contributed by atoms with Crippen LogP contribution in [0.3, 0.4) is 0 Å². The Kier molecular flexibility index (Phi) is 7.24. The van der Waals surface area contributed by atoms with Gasteiger partial charge in [-0.3, -0.25) is 9.59 Å². The van der Waals surface area contributed by atoms with Gasteiger partial charge in [0.1, 0.15) is 0 Å². The molecule has 0 N–H and O–H groups in total. The number of ketones is 1. The summed E-state index contributed by atoms with van der Waals surface area (Å²) in [5, 5.41) is 0.350. The molecule has 1 aliphatic rings. The number of nitrogens with zero attached hydrogens (tertiary/aromatic N) is 1. The molecule has 2 unspecified atom stereocenters. The van der Waals surface area contributed by atoms with Crippen LogP contribution in [-0.4, -0.2) is 35.0 Å². The second-order valence-electron chi connectivity index (χ2n) is 7.50. The Morgan fingerprint density at radius 2 is 2.08 bits per heavy atom. The summed E-state index contributed by atoms with van der Waals surface area (Å²) in [5.74, 6) is 0.776. The third kappa shape index (κ3) is 4.72. The van der Waals surface area contributed by atoms with Crippen molar-refractivity contribution in [1.82, 2.24) is 4.90 Å². The number of carbonyl (C=O) groups is 2. The molecular formula is C21H30BrNO2. The van der Waals surface area contributed by atoms with Gasteiger partial charge in [-0.2, -0.15) is 0 Å². The van der Waals surface area contributed by atoms with Crippen molar-refractivity contribution in [2.24, 2.45) is 5.92 Å². The summed E-state index contributed by atoms with van der Waals surface area (Å²) in [7, 11) is 0. The average molecular weight is 408 g/mol. The topological polar surface area (TPSA) is 37.4 Å². The van der Waals surface area contributed by atoms with Crippen LogP contribution in [0.2, 0.25) is 0 Å². The van der Waals surface area contributed by atoms with E-state index < -0.39 is 0 Å². The number of rotatable bonds is 7. The summed E-state index contributed by atoms with van der Waals surface area (Å²) in [6, 6.07) is 8.03. The van der Waals surface area contributed by atoms with Gasteiger partial charge in [-0.15, -0.1) is 0 Å². The van der Waals surface area contributed by atoms with Crippen LogP contribution in [0.4, 0.5) is 0 Å². The number of likely N-dealkylation sites (tertiary alicyclic amines) is 1. The third-order valence-corrected chi connectivity index (χ3v) is 6.30. The second kappa shape index (κ2) is 8.98. The molecule has 1 saturated heterocycles. The van der Waals surface area contributed by atoms with Crippen LogP contribution in [0.5, 0.6) is 0 Å². The maximum Gasteiger partial charge on any atom is 0.222 e. The summed E-state index contributed by atoms with van der Waals surface area (Å²) in [6.45, 7) is 8.27. The van der Waals surface area contributed by atoms with E-state index in [1.165, 1.54) is 5.56 Å². The Balaban J connectivity index is 2.08. The van der Waals surface area contributed by atoms with Gasteiger partial charge < -0.3 is 4.90 Å². The fourth-order valence-corrected chi connectivity index (χ4v) is 4.03. The Morgan fingerprint density at radius 3 is 2.72 bits per heavy atom. The van der Waals surface area contributed by atoms with Crippen molar-refractivity contribution in [2.45, 2.75) is 58.3 Å². The summed E-state index contributed by atoms with van der Waals surface area (Å²) in [5.41, 5.74) is 1.98. The van der Waals surface area contributed by atoms with Crippen molar-refractivity contribution in [3.63, 3.8) is 0 Å². The van der Waals surface area contributed by atoms with Crippen LogP contribution in [0.25, 0.3) is 0 Å². The number of halogens is 1. The summed E-state index contributed by atoms with van der Waals surface area (Å²) in [6.07, 6.45) is 4.88. The number of benzene rings is 1. The molecule has 0 spiro atoms. The van der Waals surface area contributed by atoms with Gasteiger partial charge >= 0.3 is 0 Å². The number of carbonyl (C=O) groups excluding carboxylic acids is 2. The number of alkyl halides is 1. The first-order valence-electron chi connectivity index (χ1n) is 9.39. The molecule has 1 aromatic carbocycles. The zero-order valence-electron chi connectivity index (χ0n) is 15.7. The molecule has 3 nitrogen and oxygen atoms in total. The van der Waals surface area contributed by atoms with E-state index >= 15 is 0 Å². The molecule has 1 amide bonds. The van der Waals surface area contributed by atoms with Crippen molar-refractivity contribution in [2.75, 3.05) is 18.4 Å². The minimum Gasteiger partial charge on any atom is -0.342 e. The van der Waals surface area contributed by atoms with Crippen LogP contribution in [0, 0.1) is 5.92 Å². The van der Waals surface area contributed by atoms with Gasteiger partial charge in [0.2, 0.25) is 5.91 Å². The van der Waals surface area contributed by atoms with E-state index in [1.807, 2.05) is 23.1 Å². The van der Waals surface area contributed by atoms with E-state index in [0.29, 0.717) is 23.6 Å². The summed E-state index contributed by atoms with van der Waals surface area (Å²) >= 11 is 3.25. The monoisotopic (exact) mass is 407 g/mol. The molecule has 1 aliphatic heterocycles. The molecule has 0 bridgehead atoms. The Labute approximate surface area is 160 Å². The predicted molar refractivity (Wildman–Crippen MR) is 106 cm³/mol. The van der Waals surface area contributed by atoms with Crippen LogP contribution in [0.1, 0.15) is 68.8 Å². The van der Waals surface area contributed by atoms with Gasteiger partial charge in [-0.05, 0) is 35.8 Å². The van der Waals surface area contributed by atoms with Gasteiger partial charge in [0.15, 0.2) is 5.78 Å². The molecule has 2 atom stereocenters. The molecule has 2 rings (SSSR count). The van der Waals surface area contributed by atoms with Crippen molar-refractivity contribution in [1.29, 1.82) is 0 Å². The van der Waals surface area contributed by atoms with Gasteiger partial charge in [0.25, 0.3) is 0 Å². The molecule has 1 heterocycles. The lowest BCUT2D eigenvalue weighted by Gasteiger charge is -2.45. The van der Waals surface area contributed by atoms with E-state index in [1.54, 1.807) is 0 Å². The third-order valence-electron chi connectivity index (χ3n) is 5.80. The molecule has 138 valence electrons. The molecule has 0 aromatic heterocycles. The number of piperidine rings is 1. The number of hydrogen-bond acceptors (Lipinski definition) is 2. The van der Waals surface area contributed by atoms with E-state index in [-0.39, 0.29) is 11.2 Å². The number of unbranched alkanes of at least 4 members (excludes halogenated alkanes) is 2. The normalized spacial score (nSPS) is 23.5. The quantitative estimate of drug-likeness (QED) is 0.363. The first kappa shape index (κ1) is 20.2. The lowest BCUT2D eigenvalue weighted by atomic mass is 9.67. The smallest absolute Gasteiger partial charge is 0.222 e. The zero-order chi connectivity index (χ0) is 18.4. The highest BCUT2D eigenvalue weighted by atomic mass is 79.9. The molecule has 0 aliphatic carbocycles. The standard InChI is InChI=1S/C21H30BrNO2/c1-4-5-6-10-20(25)23-12-11-21(3,16(2)15-23)18-9-7-8-17(13-18)19(24)14-22/h7-9,13,16H,4-6,10-12,14-15H2,1-3H3. The first-order valence-corrected chi connectivity index (χ1v) is 10.5. The highest BCUT2D eigenvalue weighted by molar-refractivity contribution is 9.09. The summed E-state index contributed by atoms with van der Waals surface area (Å²) < 4.78 is 0. The van der Waals surface area contributed by atoms with Crippen molar-refractivity contribution >= 4 is 27.6 Å². The van der Waals surface area contributed by atoms with Crippen molar-refractivity contribution < 1.29 is 9.59 Å². The van der Waals surface area contributed by atoms with Crippen molar-refractivity contribution in [3.8, 4) is 0 Å². The van der Waals surface area contributed by atoms with E-state index in [0.717, 1.165) is 44.3 Å². The SMILES string of the molecule is CCCCCC(=O)N1CCC(C)(c2cccc(C(=O)CBr)c2)C(C)C1. The minimum atomic E-state index is 0.00278. The highest BCUT2D eigenvalue weighted by Gasteiger charge is 2.39. The van der Waals surface area contributed by atoms with E-state index in [4.69, 9.17) is 0 Å². The fraction of sp³-hybridized carbons (Fsp3) is 0.619. The lowest BCUT2D eigenvalue weighted by molar-refractivity contribution is -0.134. The van der Waals surface area contributed by atoms with E-state index in [9.17, 15) is 9.59 Å². The zero-order valence-corrected chi connectivity index (χ0v) is 17.3. The predicted octanol–water partition coefficient (Wildman–Crippen LogP) is 4.97. The number of hydrogen-bond donors (Lipinski definition) is 0. The number of amides is 1. The molecule has 1 aromatic rings. The lowest BCUT2D eigenvalue weighted by Crippen LogP contribution is -2.49. The molecule has 0 radical (unpaired) electrons. The molecule has 25 heavy (non-hydrogen) atoms. The van der Waals surface area contributed by atoms with Gasteiger partial charge in [-0.25, -0.2) is 0 Å². The maximum atomic E-state index is 12.4. The highest BCUT2D eigenvalue weighted by Crippen LogP contribution is 2.39. The molecular weight excluding hydrogens is 378 g/mol. The summed E-state index contributed by atoms with van der Waals surface area (Å²) in [4.78, 5) is 26.5. The van der Waals surface area contributed by atoms with Gasteiger partial charge in [0, 0.05) is 25.1 Å². The fourth-order valence-electron chi connectivity index (χ4n) is 3.70. The largest absolute Gasteiger partial charge is 0.342 e. The van der Waals surface area contributed by atoms with Crippen LogP contribution < -0.4 is 0 Å². The van der Waals surface area contributed by atoms with Gasteiger partial charge in [-0.1, -0.05) is 67.7 Å². The maximum absolute atomic E-state index is 12.4. The minimum absolute atomic E-state index is 0.00278. The van der Waals surface area contributed by atoms with Crippen LogP contribution in [-0.2, 0) is 10.2 Å². The Hall–Kier alpha value is -1.16. The van der Waals surface area contributed by atoms with Crippen LogP contribution in [0.15, 0.2) is 24.3 Å². The molecule has 0 saturated carbocycles. The number of Topliss-reactive ketones (excluding diaryl/α,β-unsaturated/α-hetero) is 1.